The van der Waals surface area contributed by atoms with Crippen LogP contribution < -0.4 is 5.32 Å². The zero-order valence-corrected chi connectivity index (χ0v) is 10.8. The molecule has 16 heavy (non-hydrogen) atoms. The Labute approximate surface area is 98.6 Å². The van der Waals surface area contributed by atoms with E-state index < -0.39 is 5.60 Å². The van der Waals surface area contributed by atoms with Crippen LogP contribution in [0.3, 0.4) is 0 Å². The van der Waals surface area contributed by atoms with Crippen molar-refractivity contribution in [3.63, 3.8) is 0 Å². The van der Waals surface area contributed by atoms with Gasteiger partial charge in [-0.1, -0.05) is 13.8 Å². The van der Waals surface area contributed by atoms with Crippen LogP contribution >= 0.6 is 0 Å². The van der Waals surface area contributed by atoms with Crippen molar-refractivity contribution in [3.05, 3.63) is 0 Å². The Kier molecular flexibility index (Phi) is 3.30. The molecule has 0 radical (unpaired) electrons. The molecule has 1 saturated heterocycles. The van der Waals surface area contributed by atoms with Gasteiger partial charge in [-0.2, -0.15) is 0 Å². The second kappa shape index (κ2) is 4.28. The molecule has 94 valence electrons. The fraction of sp³-hybridized carbons (Fsp3) is 1.00. The summed E-state index contributed by atoms with van der Waals surface area (Å²) in [6.45, 7) is 7.98. The molecule has 1 heterocycles. The van der Waals surface area contributed by atoms with Crippen molar-refractivity contribution in [2.75, 3.05) is 13.2 Å². The first-order valence-corrected chi connectivity index (χ1v) is 6.49. The van der Waals surface area contributed by atoms with Crippen LogP contribution in [0.2, 0.25) is 0 Å². The molecule has 2 rings (SSSR count). The summed E-state index contributed by atoms with van der Waals surface area (Å²) in [6.07, 6.45) is 4.47. The third-order valence-corrected chi connectivity index (χ3v) is 4.32. The molecule has 0 amide bonds. The van der Waals surface area contributed by atoms with Crippen molar-refractivity contribution in [1.29, 1.82) is 0 Å². The van der Waals surface area contributed by atoms with Gasteiger partial charge < -0.3 is 15.2 Å². The maximum Gasteiger partial charge on any atom is 0.105 e. The van der Waals surface area contributed by atoms with Gasteiger partial charge >= 0.3 is 0 Å². The van der Waals surface area contributed by atoms with Crippen LogP contribution in [0, 0.1) is 5.41 Å². The number of rotatable bonds is 3. The molecule has 0 spiro atoms. The van der Waals surface area contributed by atoms with Gasteiger partial charge in [0.05, 0.1) is 6.10 Å². The minimum absolute atomic E-state index is 0.0330. The predicted molar refractivity (Wildman–Crippen MR) is 64.4 cm³/mol. The highest BCUT2D eigenvalue weighted by molar-refractivity contribution is 4.94. The lowest BCUT2D eigenvalue weighted by atomic mass is 9.91. The molecule has 0 bridgehead atoms. The Balaban J connectivity index is 1.80. The molecule has 1 saturated carbocycles. The van der Waals surface area contributed by atoms with Crippen molar-refractivity contribution < 1.29 is 9.84 Å². The second-order valence-corrected chi connectivity index (χ2v) is 6.35. The topological polar surface area (TPSA) is 41.5 Å². The van der Waals surface area contributed by atoms with E-state index in [0.717, 1.165) is 6.42 Å². The molecule has 0 aromatic heterocycles. The van der Waals surface area contributed by atoms with Crippen molar-refractivity contribution in [2.24, 2.45) is 5.41 Å². The van der Waals surface area contributed by atoms with E-state index in [1.54, 1.807) is 0 Å². The number of hydrogen-bond acceptors (Lipinski definition) is 3. The fourth-order valence-electron chi connectivity index (χ4n) is 2.93. The molecule has 0 aromatic carbocycles. The fourth-order valence-corrected chi connectivity index (χ4v) is 2.93. The summed E-state index contributed by atoms with van der Waals surface area (Å²) in [4.78, 5) is 0. The normalized spacial score (nSPS) is 42.8. The average Bonchev–Trinajstić information content (AvgIpc) is 2.69. The van der Waals surface area contributed by atoms with Gasteiger partial charge in [0.2, 0.25) is 0 Å². The van der Waals surface area contributed by atoms with Crippen LogP contribution in [0.1, 0.15) is 46.5 Å². The van der Waals surface area contributed by atoms with E-state index in [1.165, 1.54) is 19.3 Å². The third-order valence-electron chi connectivity index (χ3n) is 4.32. The highest BCUT2D eigenvalue weighted by Gasteiger charge is 2.40. The minimum atomic E-state index is -0.646. The molecule has 3 heteroatoms. The standard InChI is InChI=1S/C13H25NO2/c1-10-13(15,6-7-16-10)9-14-11-4-5-12(2,3)8-11/h10-11,14-15H,4-9H2,1-3H3. The van der Waals surface area contributed by atoms with E-state index in [2.05, 4.69) is 19.2 Å². The maximum atomic E-state index is 10.4. The van der Waals surface area contributed by atoms with Crippen LogP contribution in [-0.4, -0.2) is 36.0 Å². The van der Waals surface area contributed by atoms with Crippen molar-refractivity contribution in [1.82, 2.24) is 5.32 Å². The summed E-state index contributed by atoms with van der Waals surface area (Å²) in [5.74, 6) is 0. The first-order chi connectivity index (χ1) is 7.41. The molecule has 0 aromatic rings. The first kappa shape index (κ1) is 12.3. The van der Waals surface area contributed by atoms with Crippen LogP contribution in [0.25, 0.3) is 0 Å². The van der Waals surface area contributed by atoms with Gasteiger partial charge in [0.15, 0.2) is 0 Å². The lowest BCUT2D eigenvalue weighted by molar-refractivity contribution is -0.0276. The lowest BCUT2D eigenvalue weighted by Gasteiger charge is -2.28. The zero-order chi connectivity index (χ0) is 11.8. The zero-order valence-electron chi connectivity index (χ0n) is 10.8. The van der Waals surface area contributed by atoms with Gasteiger partial charge in [-0.3, -0.25) is 0 Å². The molecular formula is C13H25NO2. The monoisotopic (exact) mass is 227 g/mol. The predicted octanol–water partition coefficient (Wildman–Crippen LogP) is 1.69. The summed E-state index contributed by atoms with van der Waals surface area (Å²) < 4.78 is 5.43. The molecule has 2 aliphatic rings. The Bertz CT molecular complexity index is 254. The number of nitrogens with one attached hydrogen (secondary N) is 1. The second-order valence-electron chi connectivity index (χ2n) is 6.35. The van der Waals surface area contributed by atoms with Crippen molar-refractivity contribution in [3.8, 4) is 0 Å². The lowest BCUT2D eigenvalue weighted by Crippen LogP contribution is -2.48. The summed E-state index contributed by atoms with van der Waals surface area (Å²) in [6, 6.07) is 0.576. The van der Waals surface area contributed by atoms with Gasteiger partial charge in [0.25, 0.3) is 0 Å². The number of aliphatic hydroxyl groups is 1. The Morgan fingerprint density at radius 3 is 2.62 bits per heavy atom. The molecule has 1 aliphatic heterocycles. The summed E-state index contributed by atoms with van der Waals surface area (Å²) in [7, 11) is 0. The smallest absolute Gasteiger partial charge is 0.105 e. The summed E-state index contributed by atoms with van der Waals surface area (Å²) >= 11 is 0. The number of ether oxygens (including phenoxy) is 1. The summed E-state index contributed by atoms with van der Waals surface area (Å²) in [5.41, 5.74) is -0.176. The van der Waals surface area contributed by atoms with E-state index in [9.17, 15) is 5.11 Å². The molecule has 2 fully saturated rings. The summed E-state index contributed by atoms with van der Waals surface area (Å²) in [5, 5.41) is 13.9. The van der Waals surface area contributed by atoms with Crippen LogP contribution in [0.15, 0.2) is 0 Å². The van der Waals surface area contributed by atoms with E-state index in [-0.39, 0.29) is 6.10 Å². The van der Waals surface area contributed by atoms with E-state index in [4.69, 9.17) is 4.74 Å². The van der Waals surface area contributed by atoms with E-state index in [1.807, 2.05) is 6.92 Å². The highest BCUT2D eigenvalue weighted by atomic mass is 16.5. The highest BCUT2D eigenvalue weighted by Crippen LogP contribution is 2.37. The first-order valence-electron chi connectivity index (χ1n) is 6.49. The molecule has 3 nitrogen and oxygen atoms in total. The van der Waals surface area contributed by atoms with Gasteiger partial charge in [0, 0.05) is 25.6 Å². The third kappa shape index (κ3) is 2.58. The van der Waals surface area contributed by atoms with Gasteiger partial charge in [-0.05, 0) is 31.6 Å². The van der Waals surface area contributed by atoms with E-state index in [0.29, 0.717) is 24.6 Å². The molecule has 3 unspecified atom stereocenters. The minimum Gasteiger partial charge on any atom is -0.386 e. The van der Waals surface area contributed by atoms with E-state index >= 15 is 0 Å². The van der Waals surface area contributed by atoms with Crippen LogP contribution in [0.4, 0.5) is 0 Å². The SMILES string of the molecule is CC1OCCC1(O)CNC1CCC(C)(C)C1. The van der Waals surface area contributed by atoms with Crippen molar-refractivity contribution in [2.45, 2.75) is 64.2 Å². The maximum absolute atomic E-state index is 10.4. The van der Waals surface area contributed by atoms with Gasteiger partial charge in [0.1, 0.15) is 5.60 Å². The Hall–Kier alpha value is -0.120. The molecular weight excluding hydrogens is 202 g/mol. The van der Waals surface area contributed by atoms with Crippen molar-refractivity contribution >= 4 is 0 Å². The average molecular weight is 227 g/mol. The largest absolute Gasteiger partial charge is 0.386 e. The Morgan fingerprint density at radius 1 is 1.38 bits per heavy atom. The quantitative estimate of drug-likeness (QED) is 0.771. The molecule has 2 N–H and O–H groups in total. The molecule has 1 aliphatic carbocycles. The van der Waals surface area contributed by atoms with Gasteiger partial charge in [-0.25, -0.2) is 0 Å². The molecule has 3 atom stereocenters. The Morgan fingerprint density at radius 2 is 2.12 bits per heavy atom. The van der Waals surface area contributed by atoms with Crippen LogP contribution in [0.5, 0.6) is 0 Å². The van der Waals surface area contributed by atoms with Gasteiger partial charge in [-0.15, -0.1) is 0 Å². The van der Waals surface area contributed by atoms with Crippen LogP contribution in [-0.2, 0) is 4.74 Å². The number of hydrogen-bond donors (Lipinski definition) is 2.